The third-order valence-electron chi connectivity index (χ3n) is 4.25. The zero-order chi connectivity index (χ0) is 15.5. The second-order valence-electron chi connectivity index (χ2n) is 7.08. The molecule has 0 amide bonds. The van der Waals surface area contributed by atoms with Gasteiger partial charge in [0.15, 0.2) is 0 Å². The van der Waals surface area contributed by atoms with E-state index in [0.29, 0.717) is 6.42 Å². The number of carbonyl (C=O) groups is 1. The second kappa shape index (κ2) is 6.08. The molecule has 1 saturated carbocycles. The Labute approximate surface area is 128 Å². The smallest absolute Gasteiger partial charge is 0.307 e. The highest BCUT2D eigenvalue weighted by Crippen LogP contribution is 2.44. The molecule has 3 heteroatoms. The van der Waals surface area contributed by atoms with Crippen LogP contribution in [0.2, 0.25) is 0 Å². The van der Waals surface area contributed by atoms with E-state index in [9.17, 15) is 4.79 Å². The summed E-state index contributed by atoms with van der Waals surface area (Å²) in [5.41, 5.74) is 1.93. The predicted octanol–water partition coefficient (Wildman–Crippen LogP) is 4.27. The average molecular weight is 289 g/mol. The molecule has 0 bridgehead atoms. The van der Waals surface area contributed by atoms with Crippen molar-refractivity contribution in [2.45, 2.75) is 63.9 Å². The minimum atomic E-state index is -0.410. The Hall–Kier alpha value is -1.51. The van der Waals surface area contributed by atoms with Gasteiger partial charge in [-0.2, -0.15) is 0 Å². The third kappa shape index (κ3) is 3.99. The number of rotatable bonds is 4. The largest absolute Gasteiger partial charge is 0.460 e. The lowest BCUT2D eigenvalue weighted by atomic mass is 9.76. The summed E-state index contributed by atoms with van der Waals surface area (Å²) < 4.78 is 5.54. The maximum Gasteiger partial charge on any atom is 0.307 e. The van der Waals surface area contributed by atoms with Crippen molar-refractivity contribution in [3.8, 4) is 0 Å². The van der Waals surface area contributed by atoms with Crippen LogP contribution in [0.15, 0.2) is 24.3 Å². The molecule has 1 fully saturated rings. The number of carbonyl (C=O) groups excluding carboxylic acids is 1. The van der Waals surface area contributed by atoms with Gasteiger partial charge in [-0.3, -0.25) is 4.79 Å². The van der Waals surface area contributed by atoms with Crippen molar-refractivity contribution in [3.63, 3.8) is 0 Å². The Morgan fingerprint density at radius 2 is 1.76 bits per heavy atom. The number of esters is 1. The lowest BCUT2D eigenvalue weighted by Crippen LogP contribution is -2.31. The van der Waals surface area contributed by atoms with Gasteiger partial charge in [-0.1, -0.05) is 25.0 Å². The predicted molar refractivity (Wildman–Crippen MR) is 86.6 cm³/mol. The summed E-state index contributed by atoms with van der Waals surface area (Å²) in [6, 6.07) is 8.48. The van der Waals surface area contributed by atoms with E-state index < -0.39 is 5.60 Å². The molecular weight excluding hydrogens is 262 g/mol. The van der Waals surface area contributed by atoms with Crippen molar-refractivity contribution in [1.29, 1.82) is 0 Å². The fourth-order valence-electron chi connectivity index (χ4n) is 3.26. The van der Waals surface area contributed by atoms with Crippen LogP contribution < -0.4 is 5.32 Å². The fourth-order valence-corrected chi connectivity index (χ4v) is 3.26. The molecular formula is C18H27NO2. The van der Waals surface area contributed by atoms with Crippen molar-refractivity contribution in [2.24, 2.45) is 0 Å². The standard InChI is InChI=1S/C18H27NO2/c1-17(2,3)21-16(20)13-18(11-5-6-12-18)14-7-9-15(19-4)10-8-14/h7-10,19H,5-6,11-13H2,1-4H3. The lowest BCUT2D eigenvalue weighted by molar-refractivity contribution is -0.156. The first-order chi connectivity index (χ1) is 9.85. The molecule has 116 valence electrons. The summed E-state index contributed by atoms with van der Waals surface area (Å²) in [5.74, 6) is -0.0814. The van der Waals surface area contributed by atoms with E-state index in [-0.39, 0.29) is 11.4 Å². The van der Waals surface area contributed by atoms with Gasteiger partial charge in [0.1, 0.15) is 5.60 Å². The number of hydrogen-bond acceptors (Lipinski definition) is 3. The molecule has 21 heavy (non-hydrogen) atoms. The van der Waals surface area contributed by atoms with E-state index in [1.807, 2.05) is 27.8 Å². The summed E-state index contributed by atoms with van der Waals surface area (Å²) in [6.45, 7) is 5.77. The van der Waals surface area contributed by atoms with Crippen LogP contribution in [0.5, 0.6) is 0 Å². The first-order valence-corrected chi connectivity index (χ1v) is 7.85. The van der Waals surface area contributed by atoms with Gasteiger partial charge in [0.25, 0.3) is 0 Å². The molecule has 0 aromatic heterocycles. The van der Waals surface area contributed by atoms with Crippen LogP contribution in [-0.4, -0.2) is 18.6 Å². The van der Waals surface area contributed by atoms with Crippen LogP contribution in [0.4, 0.5) is 5.69 Å². The Morgan fingerprint density at radius 1 is 1.19 bits per heavy atom. The average Bonchev–Trinajstić information content (AvgIpc) is 2.86. The molecule has 0 atom stereocenters. The van der Waals surface area contributed by atoms with Gasteiger partial charge in [0.2, 0.25) is 0 Å². The van der Waals surface area contributed by atoms with Crippen molar-refractivity contribution >= 4 is 11.7 Å². The number of benzene rings is 1. The van der Waals surface area contributed by atoms with E-state index in [4.69, 9.17) is 4.74 Å². The van der Waals surface area contributed by atoms with Crippen molar-refractivity contribution in [3.05, 3.63) is 29.8 Å². The SMILES string of the molecule is CNc1ccc(C2(CC(=O)OC(C)(C)C)CCCC2)cc1. The Kier molecular flexibility index (Phi) is 4.60. The molecule has 0 aliphatic heterocycles. The minimum absolute atomic E-state index is 0.0331. The molecule has 0 radical (unpaired) electrons. The quantitative estimate of drug-likeness (QED) is 0.841. The molecule has 1 aliphatic rings. The number of nitrogens with one attached hydrogen (secondary N) is 1. The van der Waals surface area contributed by atoms with Crippen LogP contribution in [-0.2, 0) is 14.9 Å². The van der Waals surface area contributed by atoms with Gasteiger partial charge in [-0.05, 0) is 51.3 Å². The summed E-state index contributed by atoms with van der Waals surface area (Å²) in [5, 5.41) is 3.14. The zero-order valence-corrected chi connectivity index (χ0v) is 13.7. The van der Waals surface area contributed by atoms with E-state index in [1.165, 1.54) is 18.4 Å². The lowest BCUT2D eigenvalue weighted by Gasteiger charge is -2.30. The molecule has 0 saturated heterocycles. The van der Waals surface area contributed by atoms with Gasteiger partial charge in [-0.25, -0.2) is 0 Å². The summed E-state index contributed by atoms with van der Waals surface area (Å²) in [6.07, 6.45) is 5.02. The number of anilines is 1. The molecule has 2 rings (SSSR count). The number of ether oxygens (including phenoxy) is 1. The van der Waals surface area contributed by atoms with E-state index >= 15 is 0 Å². The van der Waals surface area contributed by atoms with E-state index in [2.05, 4.69) is 29.6 Å². The van der Waals surface area contributed by atoms with Crippen LogP contribution in [0, 0.1) is 0 Å². The molecule has 0 heterocycles. The number of hydrogen-bond donors (Lipinski definition) is 1. The highest BCUT2D eigenvalue weighted by molar-refractivity contribution is 5.72. The zero-order valence-electron chi connectivity index (χ0n) is 13.7. The van der Waals surface area contributed by atoms with Gasteiger partial charge < -0.3 is 10.1 Å². The Bertz CT molecular complexity index is 479. The third-order valence-corrected chi connectivity index (χ3v) is 4.25. The molecule has 3 nitrogen and oxygen atoms in total. The monoisotopic (exact) mass is 289 g/mol. The highest BCUT2D eigenvalue weighted by Gasteiger charge is 2.38. The molecule has 0 spiro atoms. The maximum absolute atomic E-state index is 12.3. The van der Waals surface area contributed by atoms with Gasteiger partial charge in [0, 0.05) is 18.2 Å². The van der Waals surface area contributed by atoms with Crippen LogP contribution in [0.3, 0.4) is 0 Å². The van der Waals surface area contributed by atoms with Crippen LogP contribution in [0.25, 0.3) is 0 Å². The summed E-state index contributed by atoms with van der Waals surface area (Å²) in [4.78, 5) is 12.3. The molecule has 1 aliphatic carbocycles. The summed E-state index contributed by atoms with van der Waals surface area (Å²) >= 11 is 0. The first kappa shape index (κ1) is 15.9. The van der Waals surface area contributed by atoms with Crippen molar-refractivity contribution in [1.82, 2.24) is 0 Å². The van der Waals surface area contributed by atoms with Gasteiger partial charge in [-0.15, -0.1) is 0 Å². The van der Waals surface area contributed by atoms with Crippen LogP contribution >= 0.6 is 0 Å². The minimum Gasteiger partial charge on any atom is -0.460 e. The topological polar surface area (TPSA) is 38.3 Å². The highest BCUT2D eigenvalue weighted by atomic mass is 16.6. The normalized spacial score (nSPS) is 17.5. The molecule has 1 aromatic carbocycles. The van der Waals surface area contributed by atoms with Crippen molar-refractivity contribution in [2.75, 3.05) is 12.4 Å². The first-order valence-electron chi connectivity index (χ1n) is 7.85. The fraction of sp³-hybridized carbons (Fsp3) is 0.611. The second-order valence-corrected chi connectivity index (χ2v) is 7.08. The Balaban J connectivity index is 2.18. The summed E-state index contributed by atoms with van der Waals surface area (Å²) in [7, 11) is 1.92. The Morgan fingerprint density at radius 3 is 2.24 bits per heavy atom. The molecule has 0 unspecified atom stereocenters. The van der Waals surface area contributed by atoms with Gasteiger partial charge in [0.05, 0.1) is 6.42 Å². The van der Waals surface area contributed by atoms with Crippen molar-refractivity contribution < 1.29 is 9.53 Å². The molecule has 1 aromatic rings. The maximum atomic E-state index is 12.3. The van der Waals surface area contributed by atoms with E-state index in [1.54, 1.807) is 0 Å². The van der Waals surface area contributed by atoms with E-state index in [0.717, 1.165) is 18.5 Å². The molecule has 1 N–H and O–H groups in total. The van der Waals surface area contributed by atoms with Gasteiger partial charge >= 0.3 is 5.97 Å². The van der Waals surface area contributed by atoms with Crippen LogP contribution in [0.1, 0.15) is 58.4 Å².